The average molecular weight is 298 g/mol. The summed E-state index contributed by atoms with van der Waals surface area (Å²) in [6, 6.07) is 0.161. The van der Waals surface area contributed by atoms with Crippen molar-refractivity contribution in [1.29, 1.82) is 0 Å². The molecule has 1 heterocycles. The number of amides is 2. The van der Waals surface area contributed by atoms with E-state index in [1.807, 2.05) is 7.05 Å². The minimum Gasteiger partial charge on any atom is -0.393 e. The van der Waals surface area contributed by atoms with Crippen molar-refractivity contribution in [3.8, 4) is 0 Å². The zero-order chi connectivity index (χ0) is 15.4. The van der Waals surface area contributed by atoms with E-state index in [0.717, 1.165) is 38.5 Å². The van der Waals surface area contributed by atoms with E-state index in [4.69, 9.17) is 4.74 Å². The number of hydrogen-bond acceptors (Lipinski definition) is 3. The van der Waals surface area contributed by atoms with Gasteiger partial charge in [-0.25, -0.2) is 4.79 Å². The third-order valence-electron chi connectivity index (χ3n) is 4.75. The molecule has 2 N–H and O–H groups in total. The van der Waals surface area contributed by atoms with Crippen LogP contribution in [0.3, 0.4) is 0 Å². The lowest BCUT2D eigenvalue weighted by atomic mass is 9.86. The smallest absolute Gasteiger partial charge is 0.317 e. The van der Waals surface area contributed by atoms with Crippen molar-refractivity contribution >= 4 is 6.03 Å². The molecule has 5 heteroatoms. The second-order valence-electron chi connectivity index (χ2n) is 6.87. The summed E-state index contributed by atoms with van der Waals surface area (Å²) in [5, 5.41) is 13.1. The lowest BCUT2D eigenvalue weighted by Gasteiger charge is -2.35. The van der Waals surface area contributed by atoms with Gasteiger partial charge in [0.15, 0.2) is 0 Å². The first-order chi connectivity index (χ1) is 9.95. The molecular weight excluding hydrogens is 268 g/mol. The van der Waals surface area contributed by atoms with Crippen LogP contribution in [0.15, 0.2) is 0 Å². The van der Waals surface area contributed by atoms with E-state index in [9.17, 15) is 9.90 Å². The zero-order valence-electron chi connectivity index (χ0n) is 13.5. The van der Waals surface area contributed by atoms with Crippen molar-refractivity contribution in [3.05, 3.63) is 0 Å². The van der Waals surface area contributed by atoms with E-state index in [1.165, 1.54) is 0 Å². The first-order valence-corrected chi connectivity index (χ1v) is 8.31. The number of nitrogens with one attached hydrogen (secondary N) is 1. The van der Waals surface area contributed by atoms with Crippen LogP contribution >= 0.6 is 0 Å². The normalized spacial score (nSPS) is 37.0. The minimum absolute atomic E-state index is 0.0286. The van der Waals surface area contributed by atoms with Crippen molar-refractivity contribution in [2.45, 2.75) is 76.7 Å². The highest BCUT2D eigenvalue weighted by molar-refractivity contribution is 5.74. The number of aliphatic hydroxyl groups excluding tert-OH is 1. The molecule has 122 valence electrons. The highest BCUT2D eigenvalue weighted by Gasteiger charge is 2.28. The number of carbonyl (C=O) groups excluding carboxylic acids is 1. The first-order valence-electron chi connectivity index (χ1n) is 8.31. The molecule has 21 heavy (non-hydrogen) atoms. The highest BCUT2D eigenvalue weighted by atomic mass is 16.5. The van der Waals surface area contributed by atoms with E-state index in [1.54, 1.807) is 4.90 Å². The van der Waals surface area contributed by atoms with E-state index >= 15 is 0 Å². The Bertz CT molecular complexity index is 340. The third kappa shape index (κ3) is 4.85. The molecule has 0 aromatic carbocycles. The predicted octanol–water partition coefficient (Wildman–Crippen LogP) is 2.13. The monoisotopic (exact) mass is 298 g/mol. The van der Waals surface area contributed by atoms with Crippen LogP contribution in [0.1, 0.15) is 52.4 Å². The van der Waals surface area contributed by atoms with Crippen LogP contribution in [0, 0.1) is 5.92 Å². The molecule has 0 aromatic rings. The summed E-state index contributed by atoms with van der Waals surface area (Å²) < 4.78 is 5.70. The topological polar surface area (TPSA) is 61.8 Å². The van der Waals surface area contributed by atoms with Crippen molar-refractivity contribution in [3.63, 3.8) is 0 Å². The van der Waals surface area contributed by atoms with Gasteiger partial charge in [0.1, 0.15) is 0 Å². The van der Waals surface area contributed by atoms with Gasteiger partial charge in [0.05, 0.1) is 18.3 Å². The Labute approximate surface area is 128 Å². The van der Waals surface area contributed by atoms with Crippen molar-refractivity contribution in [2.75, 3.05) is 13.6 Å². The molecule has 5 nitrogen and oxygen atoms in total. The summed E-state index contributed by atoms with van der Waals surface area (Å²) in [4.78, 5) is 14.0. The first kappa shape index (κ1) is 16.6. The molecule has 1 aliphatic heterocycles. The van der Waals surface area contributed by atoms with Gasteiger partial charge in [-0.2, -0.15) is 0 Å². The maximum Gasteiger partial charge on any atom is 0.317 e. The van der Waals surface area contributed by atoms with Crippen LogP contribution in [0.5, 0.6) is 0 Å². The molecule has 0 radical (unpaired) electrons. The second-order valence-corrected chi connectivity index (χ2v) is 6.87. The fraction of sp³-hybridized carbons (Fsp3) is 0.938. The van der Waals surface area contributed by atoms with Crippen LogP contribution < -0.4 is 5.32 Å². The number of ether oxygens (including phenoxy) is 1. The average Bonchev–Trinajstić information content (AvgIpc) is 2.40. The van der Waals surface area contributed by atoms with Crippen LogP contribution in [-0.2, 0) is 4.74 Å². The number of nitrogens with zero attached hydrogens (tertiary/aromatic N) is 1. The van der Waals surface area contributed by atoms with Crippen LogP contribution in [0.4, 0.5) is 4.79 Å². The van der Waals surface area contributed by atoms with Gasteiger partial charge in [-0.15, -0.1) is 0 Å². The Hall–Kier alpha value is -0.810. The van der Waals surface area contributed by atoms with E-state index < -0.39 is 0 Å². The van der Waals surface area contributed by atoms with E-state index in [-0.39, 0.29) is 36.3 Å². The van der Waals surface area contributed by atoms with Crippen LogP contribution in [0.2, 0.25) is 0 Å². The molecule has 1 saturated heterocycles. The molecule has 4 unspecified atom stereocenters. The summed E-state index contributed by atoms with van der Waals surface area (Å²) in [5.74, 6) is 0.224. The quantitative estimate of drug-likeness (QED) is 0.839. The molecule has 0 bridgehead atoms. The van der Waals surface area contributed by atoms with Gasteiger partial charge in [-0.1, -0.05) is 12.8 Å². The lowest BCUT2D eigenvalue weighted by Crippen LogP contribution is -2.49. The number of aliphatic hydroxyl groups is 1. The molecule has 1 saturated carbocycles. The van der Waals surface area contributed by atoms with Gasteiger partial charge in [-0.05, 0) is 39.5 Å². The summed E-state index contributed by atoms with van der Waals surface area (Å²) in [6.45, 7) is 4.75. The maximum atomic E-state index is 12.3. The third-order valence-corrected chi connectivity index (χ3v) is 4.75. The van der Waals surface area contributed by atoms with Gasteiger partial charge in [0, 0.05) is 25.6 Å². The number of rotatable bonds is 3. The summed E-state index contributed by atoms with van der Waals surface area (Å²) in [7, 11) is 1.82. The molecule has 2 amide bonds. The number of hydrogen-bond donors (Lipinski definition) is 2. The largest absolute Gasteiger partial charge is 0.393 e. The van der Waals surface area contributed by atoms with Gasteiger partial charge in [0.25, 0.3) is 0 Å². The molecular formula is C16H30N2O3. The highest BCUT2D eigenvalue weighted by Crippen LogP contribution is 2.25. The van der Waals surface area contributed by atoms with Gasteiger partial charge < -0.3 is 20.1 Å². The number of carbonyl (C=O) groups is 1. The zero-order valence-corrected chi connectivity index (χ0v) is 13.5. The molecule has 0 aromatic heterocycles. The molecule has 2 fully saturated rings. The molecule has 4 atom stereocenters. The SMILES string of the molecule is CC1CC(NC(=O)N(C)CC2CCCCC2O)CC(C)O1. The number of urea groups is 1. The Balaban J connectivity index is 1.79. The molecule has 2 rings (SSSR count). The van der Waals surface area contributed by atoms with Crippen LogP contribution in [-0.4, -0.2) is 54.0 Å². The van der Waals surface area contributed by atoms with Gasteiger partial charge in [0.2, 0.25) is 0 Å². The lowest BCUT2D eigenvalue weighted by molar-refractivity contribution is -0.0407. The fourth-order valence-electron chi connectivity index (χ4n) is 3.64. The second kappa shape index (κ2) is 7.45. The standard InChI is InChI=1S/C16H30N2O3/c1-11-8-14(9-12(2)21-11)17-16(20)18(3)10-13-6-4-5-7-15(13)19/h11-15,19H,4-10H2,1-3H3,(H,17,20). The van der Waals surface area contributed by atoms with Crippen LogP contribution in [0.25, 0.3) is 0 Å². The molecule has 2 aliphatic rings. The van der Waals surface area contributed by atoms with Crippen molar-refractivity contribution in [1.82, 2.24) is 10.2 Å². The Morgan fingerprint density at radius 3 is 2.48 bits per heavy atom. The summed E-state index contributed by atoms with van der Waals surface area (Å²) >= 11 is 0. The fourth-order valence-corrected chi connectivity index (χ4v) is 3.64. The Kier molecular flexibility index (Phi) is 5.88. The summed E-state index contributed by atoms with van der Waals surface area (Å²) in [6.07, 6.45) is 6.04. The maximum absolute atomic E-state index is 12.3. The molecule has 1 aliphatic carbocycles. The van der Waals surface area contributed by atoms with E-state index in [2.05, 4.69) is 19.2 Å². The van der Waals surface area contributed by atoms with Crippen molar-refractivity contribution < 1.29 is 14.6 Å². The van der Waals surface area contributed by atoms with Crippen molar-refractivity contribution in [2.24, 2.45) is 5.92 Å². The van der Waals surface area contributed by atoms with Gasteiger partial charge in [-0.3, -0.25) is 0 Å². The molecule has 0 spiro atoms. The minimum atomic E-state index is -0.253. The Morgan fingerprint density at radius 1 is 1.24 bits per heavy atom. The summed E-state index contributed by atoms with van der Waals surface area (Å²) in [5.41, 5.74) is 0. The predicted molar refractivity (Wildman–Crippen MR) is 82.2 cm³/mol. The van der Waals surface area contributed by atoms with Gasteiger partial charge >= 0.3 is 6.03 Å². The van der Waals surface area contributed by atoms with E-state index in [0.29, 0.717) is 6.54 Å². The Morgan fingerprint density at radius 2 is 1.86 bits per heavy atom.